The van der Waals surface area contributed by atoms with Crippen LogP contribution < -0.4 is 5.32 Å². The quantitative estimate of drug-likeness (QED) is 0.684. The number of nitro benzene ring substituents is 1. The van der Waals surface area contributed by atoms with Crippen molar-refractivity contribution in [2.75, 3.05) is 18.4 Å². The van der Waals surface area contributed by atoms with E-state index in [1.54, 1.807) is 12.1 Å². The summed E-state index contributed by atoms with van der Waals surface area (Å²) in [4.78, 5) is 13.0. The average molecular weight is 310 g/mol. The van der Waals surface area contributed by atoms with Gasteiger partial charge >= 0.3 is 0 Å². The minimum absolute atomic E-state index is 0.0227. The van der Waals surface area contributed by atoms with Crippen molar-refractivity contribution in [3.63, 3.8) is 0 Å². The van der Waals surface area contributed by atoms with E-state index in [1.165, 1.54) is 25.8 Å². The molecule has 114 valence electrons. The Morgan fingerprint density at radius 1 is 1.33 bits per heavy atom. The summed E-state index contributed by atoms with van der Waals surface area (Å²) in [5.74, 6) is 0. The van der Waals surface area contributed by atoms with E-state index in [9.17, 15) is 10.1 Å². The number of piperidine rings is 1. The van der Waals surface area contributed by atoms with Gasteiger partial charge < -0.3 is 5.32 Å². The van der Waals surface area contributed by atoms with Crippen molar-refractivity contribution in [3.8, 4) is 0 Å². The topological polar surface area (TPSA) is 58.4 Å². The highest BCUT2D eigenvalue weighted by molar-refractivity contribution is 6.33. The first kappa shape index (κ1) is 14.6. The number of hydrogen-bond acceptors (Lipinski definition) is 4. The summed E-state index contributed by atoms with van der Waals surface area (Å²) >= 11 is 6.03. The van der Waals surface area contributed by atoms with Crippen molar-refractivity contribution < 1.29 is 4.92 Å². The molecule has 2 unspecified atom stereocenters. The molecule has 5 nitrogen and oxygen atoms in total. The van der Waals surface area contributed by atoms with E-state index in [0.29, 0.717) is 12.1 Å². The number of benzene rings is 1. The summed E-state index contributed by atoms with van der Waals surface area (Å²) in [7, 11) is 0. The smallest absolute Gasteiger partial charge is 0.288 e. The lowest BCUT2D eigenvalue weighted by atomic mass is 9.98. The number of nitrogens with zero attached hydrogens (tertiary/aromatic N) is 2. The summed E-state index contributed by atoms with van der Waals surface area (Å²) in [6.45, 7) is 4.23. The summed E-state index contributed by atoms with van der Waals surface area (Å²) in [5.41, 5.74) is 1.77. The maximum absolute atomic E-state index is 10.9. The van der Waals surface area contributed by atoms with Gasteiger partial charge in [0, 0.05) is 30.4 Å². The molecule has 0 spiro atoms. The van der Waals surface area contributed by atoms with E-state index in [-0.39, 0.29) is 10.7 Å². The van der Waals surface area contributed by atoms with Crippen molar-refractivity contribution >= 4 is 23.0 Å². The third kappa shape index (κ3) is 2.85. The predicted octanol–water partition coefficient (Wildman–Crippen LogP) is 3.60. The van der Waals surface area contributed by atoms with Crippen LogP contribution in [0, 0.1) is 17.0 Å². The van der Waals surface area contributed by atoms with Gasteiger partial charge in [0.05, 0.1) is 4.92 Å². The molecule has 2 aliphatic heterocycles. The Labute approximate surface area is 129 Å². The fourth-order valence-electron chi connectivity index (χ4n) is 3.58. The van der Waals surface area contributed by atoms with Crippen LogP contribution in [0.2, 0.25) is 5.02 Å². The van der Waals surface area contributed by atoms with Crippen LogP contribution in [0.5, 0.6) is 0 Å². The molecular weight excluding hydrogens is 290 g/mol. The van der Waals surface area contributed by atoms with E-state index in [4.69, 9.17) is 11.6 Å². The highest BCUT2D eigenvalue weighted by Gasteiger charge is 2.35. The van der Waals surface area contributed by atoms with E-state index in [1.807, 2.05) is 6.92 Å². The first-order valence-electron chi connectivity index (χ1n) is 7.51. The second-order valence-electron chi connectivity index (χ2n) is 6.01. The number of halogens is 1. The molecule has 0 saturated carbocycles. The first-order valence-corrected chi connectivity index (χ1v) is 7.89. The van der Waals surface area contributed by atoms with Gasteiger partial charge in [-0.3, -0.25) is 15.0 Å². The third-order valence-electron chi connectivity index (χ3n) is 4.69. The molecule has 0 amide bonds. The second-order valence-corrected chi connectivity index (χ2v) is 6.42. The summed E-state index contributed by atoms with van der Waals surface area (Å²) in [5, 5.41) is 14.7. The molecule has 2 saturated heterocycles. The van der Waals surface area contributed by atoms with Gasteiger partial charge in [0.15, 0.2) is 0 Å². The second kappa shape index (κ2) is 5.81. The lowest BCUT2D eigenvalue weighted by molar-refractivity contribution is -0.384. The summed E-state index contributed by atoms with van der Waals surface area (Å²) < 4.78 is 0. The number of aryl methyl sites for hydroxylation is 1. The molecule has 6 heteroatoms. The van der Waals surface area contributed by atoms with Crippen molar-refractivity contribution in [2.45, 2.75) is 44.7 Å². The fourth-order valence-corrected chi connectivity index (χ4v) is 3.81. The zero-order valence-electron chi connectivity index (χ0n) is 12.1. The molecule has 2 heterocycles. The van der Waals surface area contributed by atoms with Crippen LogP contribution in [-0.4, -0.2) is 35.0 Å². The molecule has 0 radical (unpaired) electrons. The Hall–Kier alpha value is -1.33. The maximum Gasteiger partial charge on any atom is 0.288 e. The van der Waals surface area contributed by atoms with Gasteiger partial charge in [-0.2, -0.15) is 0 Å². The predicted molar refractivity (Wildman–Crippen MR) is 84.1 cm³/mol. The Morgan fingerprint density at radius 2 is 2.14 bits per heavy atom. The number of rotatable bonds is 3. The SMILES string of the molecule is Cc1cc([N+](=O)[O-])c(Cl)cc1NC1CCN2CCCCC12. The van der Waals surface area contributed by atoms with E-state index < -0.39 is 4.92 Å². The normalized spacial score (nSPS) is 25.6. The molecule has 1 N–H and O–H groups in total. The Balaban J connectivity index is 1.79. The van der Waals surface area contributed by atoms with E-state index in [0.717, 1.165) is 24.2 Å². The van der Waals surface area contributed by atoms with Gasteiger partial charge in [0.25, 0.3) is 5.69 Å². The molecule has 21 heavy (non-hydrogen) atoms. The van der Waals surface area contributed by atoms with Crippen LogP contribution >= 0.6 is 11.6 Å². The maximum atomic E-state index is 10.9. The zero-order valence-corrected chi connectivity index (χ0v) is 12.9. The van der Waals surface area contributed by atoms with Gasteiger partial charge in [0.2, 0.25) is 0 Å². The van der Waals surface area contributed by atoms with Crippen molar-refractivity contribution in [1.82, 2.24) is 4.90 Å². The van der Waals surface area contributed by atoms with Gasteiger partial charge in [-0.1, -0.05) is 18.0 Å². The number of anilines is 1. The van der Waals surface area contributed by atoms with Gasteiger partial charge in [-0.15, -0.1) is 0 Å². The van der Waals surface area contributed by atoms with Crippen LogP contribution in [0.3, 0.4) is 0 Å². The van der Waals surface area contributed by atoms with Crippen LogP contribution in [0.1, 0.15) is 31.2 Å². The molecule has 2 fully saturated rings. The lowest BCUT2D eigenvalue weighted by Gasteiger charge is -2.33. The van der Waals surface area contributed by atoms with Crippen LogP contribution in [0.25, 0.3) is 0 Å². The number of hydrogen-bond donors (Lipinski definition) is 1. The molecule has 3 rings (SSSR count). The highest BCUT2D eigenvalue weighted by Crippen LogP contribution is 2.34. The monoisotopic (exact) mass is 309 g/mol. The number of nitrogens with one attached hydrogen (secondary N) is 1. The molecule has 0 aliphatic carbocycles. The first-order chi connectivity index (χ1) is 10.1. The van der Waals surface area contributed by atoms with Crippen LogP contribution in [0.15, 0.2) is 12.1 Å². The zero-order chi connectivity index (χ0) is 15.0. The summed E-state index contributed by atoms with van der Waals surface area (Å²) in [6, 6.07) is 4.26. The molecule has 0 aromatic heterocycles. The molecule has 1 aromatic rings. The molecule has 2 atom stereocenters. The molecular formula is C15H20ClN3O2. The molecule has 1 aromatic carbocycles. The average Bonchev–Trinajstić information content (AvgIpc) is 2.85. The Bertz CT molecular complexity index is 564. The van der Waals surface area contributed by atoms with E-state index in [2.05, 4.69) is 10.2 Å². The third-order valence-corrected chi connectivity index (χ3v) is 4.99. The highest BCUT2D eigenvalue weighted by atomic mass is 35.5. The van der Waals surface area contributed by atoms with Gasteiger partial charge in [-0.25, -0.2) is 0 Å². The van der Waals surface area contributed by atoms with Gasteiger partial charge in [-0.05, 0) is 44.4 Å². The minimum atomic E-state index is -0.433. The minimum Gasteiger partial charge on any atom is -0.380 e. The van der Waals surface area contributed by atoms with Gasteiger partial charge in [0.1, 0.15) is 5.02 Å². The van der Waals surface area contributed by atoms with Crippen molar-refractivity contribution in [1.29, 1.82) is 0 Å². The fraction of sp³-hybridized carbons (Fsp3) is 0.600. The molecule has 0 bridgehead atoms. The number of fused-ring (bicyclic) bond motifs is 1. The summed E-state index contributed by atoms with van der Waals surface area (Å²) in [6.07, 6.45) is 4.95. The van der Waals surface area contributed by atoms with Crippen molar-refractivity contribution in [3.05, 3.63) is 32.8 Å². The lowest BCUT2D eigenvalue weighted by Crippen LogP contribution is -2.41. The van der Waals surface area contributed by atoms with Crippen LogP contribution in [-0.2, 0) is 0 Å². The largest absolute Gasteiger partial charge is 0.380 e. The standard InChI is InChI=1S/C15H20ClN3O2/c1-10-8-15(19(20)21)11(16)9-13(10)17-12-5-7-18-6-3-2-4-14(12)18/h8-9,12,14,17H,2-7H2,1H3. The van der Waals surface area contributed by atoms with E-state index >= 15 is 0 Å². The molecule has 2 aliphatic rings. The Morgan fingerprint density at radius 3 is 2.90 bits per heavy atom. The Kier molecular flexibility index (Phi) is 4.04. The van der Waals surface area contributed by atoms with Crippen LogP contribution in [0.4, 0.5) is 11.4 Å². The van der Waals surface area contributed by atoms with Crippen molar-refractivity contribution in [2.24, 2.45) is 0 Å². The number of nitro groups is 1.